The summed E-state index contributed by atoms with van der Waals surface area (Å²) in [6, 6.07) is 9.27. The third-order valence-electron chi connectivity index (χ3n) is 3.17. The first-order valence-electron chi connectivity index (χ1n) is 6.79. The zero-order chi connectivity index (χ0) is 15.2. The van der Waals surface area contributed by atoms with Crippen LogP contribution < -0.4 is 0 Å². The molecule has 110 valence electrons. The molecule has 0 aliphatic rings. The third kappa shape index (κ3) is 4.20. The molecule has 0 atom stereocenters. The largest absolute Gasteiger partial charge is 0.336 e. The van der Waals surface area contributed by atoms with Gasteiger partial charge in [-0.2, -0.15) is 5.10 Å². The Balaban J connectivity index is 1.98. The topological polar surface area (TPSA) is 38.1 Å². The summed E-state index contributed by atoms with van der Waals surface area (Å²) in [5.41, 5.74) is 1.97. The SMILES string of the molecule is CCn1nccc1CN(C)C(=O)C=Cc1ccc(Cl)cc1. The van der Waals surface area contributed by atoms with E-state index >= 15 is 0 Å². The van der Waals surface area contributed by atoms with E-state index in [9.17, 15) is 4.79 Å². The number of hydrogen-bond donors (Lipinski definition) is 0. The number of carbonyl (C=O) groups excluding carboxylic acids is 1. The maximum atomic E-state index is 12.1. The van der Waals surface area contributed by atoms with Gasteiger partial charge in [0.15, 0.2) is 0 Å². The van der Waals surface area contributed by atoms with Crippen molar-refractivity contribution in [2.45, 2.75) is 20.0 Å². The second kappa shape index (κ2) is 7.09. The number of aromatic nitrogens is 2. The molecule has 0 spiro atoms. The van der Waals surface area contributed by atoms with E-state index in [1.807, 2.05) is 29.8 Å². The summed E-state index contributed by atoms with van der Waals surface area (Å²) >= 11 is 5.83. The Bertz CT molecular complexity index is 631. The van der Waals surface area contributed by atoms with Crippen LogP contribution in [-0.2, 0) is 17.9 Å². The van der Waals surface area contributed by atoms with Crippen molar-refractivity contribution in [2.24, 2.45) is 0 Å². The molecule has 2 rings (SSSR count). The maximum Gasteiger partial charge on any atom is 0.246 e. The molecule has 0 bridgehead atoms. The summed E-state index contributed by atoms with van der Waals surface area (Å²) in [5, 5.41) is 4.88. The van der Waals surface area contributed by atoms with Crippen molar-refractivity contribution in [3.63, 3.8) is 0 Å². The van der Waals surface area contributed by atoms with Gasteiger partial charge in [-0.15, -0.1) is 0 Å². The lowest BCUT2D eigenvalue weighted by atomic mass is 10.2. The van der Waals surface area contributed by atoms with Crippen LogP contribution in [0.2, 0.25) is 5.02 Å². The van der Waals surface area contributed by atoms with E-state index in [1.54, 1.807) is 42.4 Å². The molecule has 0 fully saturated rings. The number of aryl methyl sites for hydroxylation is 1. The second-order valence-electron chi connectivity index (χ2n) is 4.72. The van der Waals surface area contributed by atoms with E-state index in [-0.39, 0.29) is 5.91 Å². The summed E-state index contributed by atoms with van der Waals surface area (Å²) in [6.45, 7) is 3.36. The van der Waals surface area contributed by atoms with Crippen LogP contribution in [0.25, 0.3) is 6.08 Å². The number of amides is 1. The molecule has 5 heteroatoms. The highest BCUT2D eigenvalue weighted by Crippen LogP contribution is 2.11. The number of rotatable bonds is 5. The standard InChI is InChI=1S/C16H18ClN3O/c1-3-20-15(10-11-18-20)12-19(2)16(21)9-6-13-4-7-14(17)8-5-13/h4-11H,3,12H2,1-2H3. The number of hydrogen-bond acceptors (Lipinski definition) is 2. The van der Waals surface area contributed by atoms with Gasteiger partial charge in [-0.25, -0.2) is 0 Å². The highest BCUT2D eigenvalue weighted by Gasteiger charge is 2.08. The quantitative estimate of drug-likeness (QED) is 0.795. The average Bonchev–Trinajstić information content (AvgIpc) is 2.93. The van der Waals surface area contributed by atoms with E-state index in [1.165, 1.54) is 0 Å². The van der Waals surface area contributed by atoms with Crippen LogP contribution >= 0.6 is 11.6 Å². The predicted molar refractivity (Wildman–Crippen MR) is 84.9 cm³/mol. The Labute approximate surface area is 129 Å². The fourth-order valence-electron chi connectivity index (χ4n) is 1.97. The van der Waals surface area contributed by atoms with Gasteiger partial charge in [0, 0.05) is 30.9 Å². The van der Waals surface area contributed by atoms with Crippen LogP contribution in [0.15, 0.2) is 42.6 Å². The summed E-state index contributed by atoms with van der Waals surface area (Å²) in [4.78, 5) is 13.8. The van der Waals surface area contributed by atoms with Gasteiger partial charge < -0.3 is 4.90 Å². The molecule has 2 aromatic rings. The number of nitrogens with zero attached hydrogens (tertiary/aromatic N) is 3. The van der Waals surface area contributed by atoms with E-state index in [0.29, 0.717) is 11.6 Å². The molecule has 1 aromatic heterocycles. The monoisotopic (exact) mass is 303 g/mol. The number of carbonyl (C=O) groups is 1. The molecule has 4 nitrogen and oxygen atoms in total. The lowest BCUT2D eigenvalue weighted by Crippen LogP contribution is -2.25. The van der Waals surface area contributed by atoms with Gasteiger partial charge in [0.25, 0.3) is 0 Å². The molecule has 0 N–H and O–H groups in total. The van der Waals surface area contributed by atoms with Crippen LogP contribution in [0.5, 0.6) is 0 Å². The van der Waals surface area contributed by atoms with Gasteiger partial charge in [-0.3, -0.25) is 9.48 Å². The molecule has 0 saturated carbocycles. The zero-order valence-corrected chi connectivity index (χ0v) is 12.9. The molecule has 21 heavy (non-hydrogen) atoms. The van der Waals surface area contributed by atoms with Crippen molar-refractivity contribution in [1.82, 2.24) is 14.7 Å². The Kier molecular flexibility index (Phi) is 5.17. The smallest absolute Gasteiger partial charge is 0.246 e. The molecule has 0 unspecified atom stereocenters. The van der Waals surface area contributed by atoms with Crippen molar-refractivity contribution in [3.8, 4) is 0 Å². The minimum atomic E-state index is -0.0474. The van der Waals surface area contributed by atoms with Crippen LogP contribution in [0.1, 0.15) is 18.2 Å². The molecular formula is C16H18ClN3O. The normalized spacial score (nSPS) is 11.0. The Morgan fingerprint density at radius 1 is 1.33 bits per heavy atom. The molecule has 1 heterocycles. The van der Waals surface area contributed by atoms with Crippen LogP contribution in [0.3, 0.4) is 0 Å². The van der Waals surface area contributed by atoms with Gasteiger partial charge in [-0.1, -0.05) is 23.7 Å². The van der Waals surface area contributed by atoms with E-state index in [2.05, 4.69) is 5.10 Å². The van der Waals surface area contributed by atoms with Crippen LogP contribution in [0, 0.1) is 0 Å². The van der Waals surface area contributed by atoms with Gasteiger partial charge in [0.05, 0.1) is 12.2 Å². The minimum Gasteiger partial charge on any atom is -0.336 e. The molecule has 0 aliphatic heterocycles. The summed E-state index contributed by atoms with van der Waals surface area (Å²) in [7, 11) is 1.78. The van der Waals surface area contributed by atoms with Gasteiger partial charge in [0.2, 0.25) is 5.91 Å². The minimum absolute atomic E-state index is 0.0474. The van der Waals surface area contributed by atoms with Gasteiger partial charge >= 0.3 is 0 Å². The predicted octanol–water partition coefficient (Wildman–Crippen LogP) is 3.23. The molecule has 1 aromatic carbocycles. The molecular weight excluding hydrogens is 286 g/mol. The van der Waals surface area contributed by atoms with Crippen molar-refractivity contribution in [1.29, 1.82) is 0 Å². The summed E-state index contributed by atoms with van der Waals surface area (Å²) in [5.74, 6) is -0.0474. The fourth-order valence-corrected chi connectivity index (χ4v) is 2.09. The van der Waals surface area contributed by atoms with E-state index < -0.39 is 0 Å². The third-order valence-corrected chi connectivity index (χ3v) is 3.42. The molecule has 0 radical (unpaired) electrons. The maximum absolute atomic E-state index is 12.1. The molecule has 1 amide bonds. The highest BCUT2D eigenvalue weighted by molar-refractivity contribution is 6.30. The lowest BCUT2D eigenvalue weighted by Gasteiger charge is -2.15. The Morgan fingerprint density at radius 3 is 2.71 bits per heavy atom. The van der Waals surface area contributed by atoms with E-state index in [4.69, 9.17) is 11.6 Å². The Morgan fingerprint density at radius 2 is 2.05 bits per heavy atom. The Hall–Kier alpha value is -2.07. The van der Waals surface area contributed by atoms with E-state index in [0.717, 1.165) is 17.8 Å². The summed E-state index contributed by atoms with van der Waals surface area (Å²) < 4.78 is 1.88. The summed E-state index contributed by atoms with van der Waals surface area (Å²) in [6.07, 6.45) is 5.10. The van der Waals surface area contributed by atoms with Crippen molar-refractivity contribution in [2.75, 3.05) is 7.05 Å². The van der Waals surface area contributed by atoms with Crippen molar-refractivity contribution in [3.05, 3.63) is 58.9 Å². The van der Waals surface area contributed by atoms with Crippen LogP contribution in [0.4, 0.5) is 0 Å². The highest BCUT2D eigenvalue weighted by atomic mass is 35.5. The average molecular weight is 304 g/mol. The second-order valence-corrected chi connectivity index (χ2v) is 5.15. The number of halogens is 1. The van der Waals surface area contributed by atoms with Crippen LogP contribution in [-0.4, -0.2) is 27.6 Å². The zero-order valence-electron chi connectivity index (χ0n) is 12.2. The number of benzene rings is 1. The first-order chi connectivity index (χ1) is 10.1. The molecule has 0 saturated heterocycles. The number of likely N-dealkylation sites (N-methyl/N-ethyl adjacent to an activating group) is 1. The molecule has 0 aliphatic carbocycles. The first-order valence-corrected chi connectivity index (χ1v) is 7.17. The van der Waals surface area contributed by atoms with Gasteiger partial charge in [0.1, 0.15) is 0 Å². The van der Waals surface area contributed by atoms with Gasteiger partial charge in [-0.05, 0) is 36.8 Å². The fraction of sp³-hybridized carbons (Fsp3) is 0.250. The lowest BCUT2D eigenvalue weighted by molar-refractivity contribution is -0.125. The first kappa shape index (κ1) is 15.3. The van der Waals surface area contributed by atoms with Crippen molar-refractivity contribution >= 4 is 23.6 Å². The van der Waals surface area contributed by atoms with Crippen molar-refractivity contribution < 1.29 is 4.79 Å².